The van der Waals surface area contributed by atoms with Gasteiger partial charge in [0.2, 0.25) is 11.8 Å². The molecule has 2 aromatic heterocycles. The van der Waals surface area contributed by atoms with Crippen LogP contribution in [0.25, 0.3) is 6.08 Å². The van der Waals surface area contributed by atoms with Gasteiger partial charge in [-0.15, -0.1) is 0 Å². The summed E-state index contributed by atoms with van der Waals surface area (Å²) >= 11 is 5.83. The Kier molecular flexibility index (Phi) is 9.38. The molecule has 0 aliphatic heterocycles. The Morgan fingerprint density at radius 2 is 1.81 bits per heavy atom. The first-order valence-electron chi connectivity index (χ1n) is 11.4. The van der Waals surface area contributed by atoms with E-state index in [0.29, 0.717) is 35.9 Å². The van der Waals surface area contributed by atoms with E-state index in [2.05, 4.69) is 10.1 Å². The summed E-state index contributed by atoms with van der Waals surface area (Å²) < 4.78 is 28.8. The van der Waals surface area contributed by atoms with Gasteiger partial charge < -0.3 is 4.90 Å². The molecule has 1 N–H and O–H groups in total. The third-order valence-electron chi connectivity index (χ3n) is 5.43. The molecule has 0 radical (unpaired) electrons. The Bertz CT molecular complexity index is 1300. The van der Waals surface area contributed by atoms with Crippen molar-refractivity contribution in [3.05, 3.63) is 88.3 Å². The molecule has 0 saturated heterocycles. The lowest BCUT2D eigenvalue weighted by Crippen LogP contribution is -2.45. The van der Waals surface area contributed by atoms with Gasteiger partial charge >= 0.3 is 0 Å². The SMILES string of the molecule is CCN(CC)C(=O)C(Cc1cnn(Cc2ccc(Cl)nc2)c1)C(=O)NS(=O)(=O)/C=C/c1ccccc1. The van der Waals surface area contributed by atoms with Crippen LogP contribution in [-0.2, 0) is 32.6 Å². The quantitative estimate of drug-likeness (QED) is 0.301. The molecule has 0 spiro atoms. The van der Waals surface area contributed by atoms with Crippen molar-refractivity contribution in [1.82, 2.24) is 24.4 Å². The number of halogens is 1. The summed E-state index contributed by atoms with van der Waals surface area (Å²) in [5.74, 6) is -2.58. The first-order valence-corrected chi connectivity index (χ1v) is 13.3. The van der Waals surface area contributed by atoms with Gasteiger partial charge in [-0.2, -0.15) is 5.10 Å². The number of sulfonamides is 1. The lowest BCUT2D eigenvalue weighted by molar-refractivity contribution is -0.141. The number of pyridine rings is 1. The second kappa shape index (κ2) is 12.5. The van der Waals surface area contributed by atoms with Crippen molar-refractivity contribution in [2.75, 3.05) is 13.1 Å². The van der Waals surface area contributed by atoms with Crippen molar-refractivity contribution in [2.45, 2.75) is 26.8 Å². The van der Waals surface area contributed by atoms with E-state index in [9.17, 15) is 18.0 Å². The van der Waals surface area contributed by atoms with Crippen LogP contribution in [0, 0.1) is 5.92 Å². The molecule has 9 nitrogen and oxygen atoms in total. The highest BCUT2D eigenvalue weighted by atomic mass is 35.5. The van der Waals surface area contributed by atoms with Gasteiger partial charge in [0.1, 0.15) is 11.1 Å². The van der Waals surface area contributed by atoms with Crippen LogP contribution in [0.4, 0.5) is 0 Å². The van der Waals surface area contributed by atoms with Crippen molar-refractivity contribution in [2.24, 2.45) is 5.92 Å². The third kappa shape index (κ3) is 7.76. The van der Waals surface area contributed by atoms with Crippen LogP contribution in [0.5, 0.6) is 0 Å². The molecule has 0 bridgehead atoms. The van der Waals surface area contributed by atoms with Crippen molar-refractivity contribution in [1.29, 1.82) is 0 Å². The van der Waals surface area contributed by atoms with E-state index in [0.717, 1.165) is 11.0 Å². The second-order valence-electron chi connectivity index (χ2n) is 8.03. The van der Waals surface area contributed by atoms with Crippen LogP contribution in [0.15, 0.2) is 66.5 Å². The largest absolute Gasteiger partial charge is 0.343 e. The minimum absolute atomic E-state index is 0.00203. The zero-order valence-electron chi connectivity index (χ0n) is 20.0. The van der Waals surface area contributed by atoms with Crippen LogP contribution >= 0.6 is 11.6 Å². The summed E-state index contributed by atoms with van der Waals surface area (Å²) in [7, 11) is -4.12. The predicted octanol–water partition coefficient (Wildman–Crippen LogP) is 3.12. The number of hydrogen-bond donors (Lipinski definition) is 1. The van der Waals surface area contributed by atoms with Crippen molar-refractivity contribution < 1.29 is 18.0 Å². The minimum atomic E-state index is -4.12. The zero-order chi connectivity index (χ0) is 26.1. The number of hydrogen-bond acceptors (Lipinski definition) is 6. The molecule has 1 aromatic carbocycles. The maximum absolute atomic E-state index is 13.2. The lowest BCUT2D eigenvalue weighted by atomic mass is 9.99. The number of aromatic nitrogens is 3. The number of carbonyl (C=O) groups is 2. The van der Waals surface area contributed by atoms with Gasteiger partial charge in [0.05, 0.1) is 18.1 Å². The number of carbonyl (C=O) groups excluding carboxylic acids is 2. The van der Waals surface area contributed by atoms with Crippen molar-refractivity contribution >= 4 is 39.5 Å². The second-order valence-corrected chi connectivity index (χ2v) is 9.98. The minimum Gasteiger partial charge on any atom is -0.343 e. The molecule has 2 amide bonds. The van der Waals surface area contributed by atoms with Crippen molar-refractivity contribution in [3.63, 3.8) is 0 Å². The van der Waals surface area contributed by atoms with Gasteiger partial charge in [-0.05, 0) is 49.1 Å². The smallest absolute Gasteiger partial charge is 0.257 e. The fourth-order valence-corrected chi connectivity index (χ4v) is 4.49. The molecule has 3 aromatic rings. The van der Waals surface area contributed by atoms with E-state index in [1.807, 2.05) is 16.9 Å². The van der Waals surface area contributed by atoms with Gasteiger partial charge in [-0.1, -0.05) is 48.0 Å². The number of amides is 2. The third-order valence-corrected chi connectivity index (χ3v) is 6.64. The number of nitrogens with one attached hydrogen (secondary N) is 1. The summed E-state index contributed by atoms with van der Waals surface area (Å²) in [5.41, 5.74) is 2.16. The van der Waals surface area contributed by atoms with Crippen LogP contribution in [0.2, 0.25) is 5.15 Å². The van der Waals surface area contributed by atoms with Gasteiger partial charge in [0, 0.05) is 25.5 Å². The topological polar surface area (TPSA) is 114 Å². The predicted molar refractivity (Wildman–Crippen MR) is 138 cm³/mol. The van der Waals surface area contributed by atoms with E-state index < -0.39 is 27.8 Å². The van der Waals surface area contributed by atoms with Crippen LogP contribution in [0.1, 0.15) is 30.5 Å². The van der Waals surface area contributed by atoms with Crippen molar-refractivity contribution in [3.8, 4) is 0 Å². The molecular formula is C25H28ClN5O4S. The van der Waals surface area contributed by atoms with Crippen LogP contribution in [-0.4, -0.2) is 53.0 Å². The normalized spacial score (nSPS) is 12.4. The fraction of sp³-hybridized carbons (Fsp3) is 0.280. The summed E-state index contributed by atoms with van der Waals surface area (Å²) in [6.45, 7) is 4.80. The molecule has 1 atom stereocenters. The number of nitrogens with zero attached hydrogens (tertiary/aromatic N) is 4. The molecule has 2 heterocycles. The van der Waals surface area contributed by atoms with E-state index in [1.54, 1.807) is 67.5 Å². The molecule has 36 heavy (non-hydrogen) atoms. The van der Waals surface area contributed by atoms with Crippen LogP contribution in [0.3, 0.4) is 0 Å². The molecule has 190 valence electrons. The summed E-state index contributed by atoms with van der Waals surface area (Å²) in [5, 5.41) is 5.60. The van der Waals surface area contributed by atoms with Gasteiger partial charge in [-0.3, -0.25) is 14.3 Å². The Hall–Kier alpha value is -3.50. The molecular weight excluding hydrogens is 502 g/mol. The lowest BCUT2D eigenvalue weighted by Gasteiger charge is -2.24. The molecule has 11 heteroatoms. The van der Waals surface area contributed by atoms with Gasteiger partial charge in [0.15, 0.2) is 0 Å². The molecule has 1 unspecified atom stereocenters. The first-order chi connectivity index (χ1) is 17.2. The zero-order valence-corrected chi connectivity index (χ0v) is 21.6. The van der Waals surface area contributed by atoms with E-state index in [1.165, 1.54) is 11.0 Å². The highest BCUT2D eigenvalue weighted by molar-refractivity contribution is 7.93. The van der Waals surface area contributed by atoms with Crippen LogP contribution < -0.4 is 4.72 Å². The molecule has 0 saturated carbocycles. The molecule has 0 fully saturated rings. The maximum Gasteiger partial charge on any atom is 0.257 e. The van der Waals surface area contributed by atoms with E-state index >= 15 is 0 Å². The Labute approximate surface area is 215 Å². The standard InChI is InChI=1S/C25H28ClN5O4S/c1-3-30(4-2)25(33)22(24(32)29-36(34,35)13-12-19-8-6-5-7-9-19)14-21-16-28-31(18-21)17-20-10-11-23(26)27-15-20/h5-13,15-16,18,22H,3-4,14,17H2,1-2H3,(H,29,32)/b13-12+. The van der Waals surface area contributed by atoms with E-state index in [4.69, 9.17) is 11.6 Å². The highest BCUT2D eigenvalue weighted by Crippen LogP contribution is 2.15. The number of rotatable bonds is 11. The average Bonchev–Trinajstić information content (AvgIpc) is 3.30. The van der Waals surface area contributed by atoms with Gasteiger partial charge in [-0.25, -0.2) is 18.1 Å². The highest BCUT2D eigenvalue weighted by Gasteiger charge is 2.32. The monoisotopic (exact) mass is 529 g/mol. The Morgan fingerprint density at radius 3 is 2.44 bits per heavy atom. The van der Waals surface area contributed by atoms with E-state index in [-0.39, 0.29) is 6.42 Å². The Morgan fingerprint density at radius 1 is 1.08 bits per heavy atom. The van der Waals surface area contributed by atoms with Gasteiger partial charge in [0.25, 0.3) is 10.0 Å². The molecule has 0 aliphatic carbocycles. The Balaban J connectivity index is 1.77. The first kappa shape index (κ1) is 27.1. The number of benzene rings is 1. The average molecular weight is 530 g/mol. The fourth-order valence-electron chi connectivity index (χ4n) is 3.55. The summed E-state index contributed by atoms with van der Waals surface area (Å²) in [6.07, 6.45) is 6.29. The molecule has 3 rings (SSSR count). The maximum atomic E-state index is 13.2. The summed E-state index contributed by atoms with van der Waals surface area (Å²) in [6, 6.07) is 12.3. The summed E-state index contributed by atoms with van der Waals surface area (Å²) in [4.78, 5) is 31.8. The molecule has 0 aliphatic rings.